The van der Waals surface area contributed by atoms with E-state index < -0.39 is 0 Å². The molecule has 1 aromatic carbocycles. The second-order valence-corrected chi connectivity index (χ2v) is 4.00. The molecule has 0 saturated carbocycles. The molecule has 18 heavy (non-hydrogen) atoms. The van der Waals surface area contributed by atoms with Crippen LogP contribution in [0.15, 0.2) is 29.1 Å². The van der Waals surface area contributed by atoms with Gasteiger partial charge in [0.2, 0.25) is 0 Å². The first-order chi connectivity index (χ1) is 8.69. The predicted octanol–water partition coefficient (Wildman–Crippen LogP) is 1.17. The molecule has 0 saturated heterocycles. The van der Waals surface area contributed by atoms with Gasteiger partial charge in [-0.2, -0.15) is 5.10 Å². The summed E-state index contributed by atoms with van der Waals surface area (Å²) in [6, 6.07) is 7.04. The zero-order valence-electron chi connectivity index (χ0n) is 10.4. The molecular weight excluding hydrogens is 230 g/mol. The van der Waals surface area contributed by atoms with Crippen molar-refractivity contribution in [2.45, 2.75) is 19.9 Å². The first kappa shape index (κ1) is 12.3. The lowest BCUT2D eigenvalue weighted by atomic mass is 10.1. The van der Waals surface area contributed by atoms with Gasteiger partial charge in [-0.1, -0.05) is 25.1 Å². The lowest BCUT2D eigenvalue weighted by Crippen LogP contribution is -2.29. The molecule has 1 amide bonds. The first-order valence-electron chi connectivity index (χ1n) is 5.91. The minimum atomic E-state index is -0.281. The third-order valence-electron chi connectivity index (χ3n) is 2.75. The molecule has 0 radical (unpaired) electrons. The summed E-state index contributed by atoms with van der Waals surface area (Å²) in [6.07, 6.45) is 0.790. The number of carbonyl (C=O) groups is 1. The van der Waals surface area contributed by atoms with Gasteiger partial charge in [0.25, 0.3) is 11.5 Å². The fourth-order valence-corrected chi connectivity index (χ4v) is 1.88. The van der Waals surface area contributed by atoms with E-state index in [0.717, 1.165) is 6.42 Å². The summed E-state index contributed by atoms with van der Waals surface area (Å²) in [5.74, 6) is -0.281. The Morgan fingerprint density at radius 2 is 2.00 bits per heavy atom. The molecule has 1 heterocycles. The van der Waals surface area contributed by atoms with E-state index >= 15 is 0 Å². The highest BCUT2D eigenvalue weighted by molar-refractivity contribution is 6.04. The number of benzene rings is 1. The number of hydrogen-bond acceptors (Lipinski definition) is 3. The Bertz CT molecular complexity index is 646. The normalized spacial score (nSPS) is 10.6. The summed E-state index contributed by atoms with van der Waals surface area (Å²) < 4.78 is 1.35. The first-order valence-corrected chi connectivity index (χ1v) is 5.91. The highest BCUT2D eigenvalue weighted by atomic mass is 16.2. The van der Waals surface area contributed by atoms with Gasteiger partial charge in [0.1, 0.15) is 0 Å². The quantitative estimate of drug-likeness (QED) is 0.882. The molecule has 0 aliphatic rings. The van der Waals surface area contributed by atoms with Crippen LogP contribution in [-0.4, -0.2) is 22.7 Å². The molecule has 2 rings (SSSR count). The molecule has 0 fully saturated rings. The van der Waals surface area contributed by atoms with Gasteiger partial charge in [-0.25, -0.2) is 4.68 Å². The van der Waals surface area contributed by atoms with E-state index in [1.165, 1.54) is 4.68 Å². The Hall–Kier alpha value is -2.17. The Morgan fingerprint density at radius 3 is 2.61 bits per heavy atom. The second kappa shape index (κ2) is 5.00. The molecule has 5 heteroatoms. The third-order valence-corrected chi connectivity index (χ3v) is 2.75. The van der Waals surface area contributed by atoms with Crippen LogP contribution in [0, 0.1) is 0 Å². The SMILES string of the molecule is CCCn1nc(C(=O)NC)c2ccccc2c1=O. The molecule has 0 bridgehead atoms. The Morgan fingerprint density at radius 1 is 1.33 bits per heavy atom. The molecule has 0 spiro atoms. The van der Waals surface area contributed by atoms with E-state index in [0.29, 0.717) is 23.0 Å². The van der Waals surface area contributed by atoms with E-state index in [-0.39, 0.29) is 11.5 Å². The fraction of sp³-hybridized carbons (Fsp3) is 0.308. The van der Waals surface area contributed by atoms with Gasteiger partial charge in [-0.05, 0) is 12.5 Å². The summed E-state index contributed by atoms with van der Waals surface area (Å²) in [5.41, 5.74) is 0.140. The monoisotopic (exact) mass is 245 g/mol. The Kier molecular flexibility index (Phi) is 3.41. The maximum atomic E-state index is 12.2. The smallest absolute Gasteiger partial charge is 0.274 e. The van der Waals surface area contributed by atoms with Gasteiger partial charge in [0, 0.05) is 19.0 Å². The van der Waals surface area contributed by atoms with Crippen LogP contribution in [0.2, 0.25) is 0 Å². The third kappa shape index (κ3) is 1.99. The molecule has 94 valence electrons. The van der Waals surface area contributed by atoms with E-state index in [9.17, 15) is 9.59 Å². The summed E-state index contributed by atoms with van der Waals surface area (Å²) in [4.78, 5) is 24.0. The predicted molar refractivity (Wildman–Crippen MR) is 69.7 cm³/mol. The number of amides is 1. The van der Waals surface area contributed by atoms with Gasteiger partial charge >= 0.3 is 0 Å². The highest BCUT2D eigenvalue weighted by Crippen LogP contribution is 2.13. The molecular formula is C13H15N3O2. The van der Waals surface area contributed by atoms with E-state index in [1.807, 2.05) is 6.92 Å². The van der Waals surface area contributed by atoms with Crippen LogP contribution < -0.4 is 10.9 Å². The zero-order valence-corrected chi connectivity index (χ0v) is 10.4. The average molecular weight is 245 g/mol. The van der Waals surface area contributed by atoms with Crippen molar-refractivity contribution in [3.63, 3.8) is 0 Å². The molecule has 0 atom stereocenters. The lowest BCUT2D eigenvalue weighted by Gasteiger charge is -2.09. The van der Waals surface area contributed by atoms with Crippen LogP contribution in [0.1, 0.15) is 23.8 Å². The van der Waals surface area contributed by atoms with Crippen molar-refractivity contribution >= 4 is 16.7 Å². The molecule has 1 N–H and O–H groups in total. The largest absolute Gasteiger partial charge is 0.354 e. The van der Waals surface area contributed by atoms with Crippen molar-refractivity contribution in [1.82, 2.24) is 15.1 Å². The number of fused-ring (bicyclic) bond motifs is 1. The number of nitrogens with one attached hydrogen (secondary N) is 1. The number of rotatable bonds is 3. The summed E-state index contributed by atoms with van der Waals surface area (Å²) in [6.45, 7) is 2.47. The van der Waals surface area contributed by atoms with Crippen LogP contribution in [-0.2, 0) is 6.54 Å². The molecule has 0 aliphatic heterocycles. The molecule has 0 aliphatic carbocycles. The summed E-state index contributed by atoms with van der Waals surface area (Å²) >= 11 is 0. The topological polar surface area (TPSA) is 64.0 Å². The average Bonchev–Trinajstić information content (AvgIpc) is 2.41. The number of aryl methyl sites for hydroxylation is 1. The zero-order chi connectivity index (χ0) is 13.1. The van der Waals surface area contributed by atoms with Crippen LogP contribution >= 0.6 is 0 Å². The number of nitrogens with zero attached hydrogens (tertiary/aromatic N) is 2. The van der Waals surface area contributed by atoms with Gasteiger partial charge in [-0.3, -0.25) is 9.59 Å². The van der Waals surface area contributed by atoms with E-state index in [1.54, 1.807) is 31.3 Å². The molecule has 2 aromatic rings. The van der Waals surface area contributed by atoms with Gasteiger partial charge in [-0.15, -0.1) is 0 Å². The standard InChI is InChI=1S/C13H15N3O2/c1-3-8-16-13(18)10-7-5-4-6-9(10)11(15-16)12(17)14-2/h4-7H,3,8H2,1-2H3,(H,14,17). The molecule has 0 unspecified atom stereocenters. The number of hydrogen-bond donors (Lipinski definition) is 1. The number of aromatic nitrogens is 2. The number of carbonyl (C=O) groups excluding carboxylic acids is 1. The van der Waals surface area contributed by atoms with Crippen molar-refractivity contribution in [3.8, 4) is 0 Å². The van der Waals surface area contributed by atoms with Gasteiger partial charge < -0.3 is 5.32 Å². The lowest BCUT2D eigenvalue weighted by molar-refractivity contribution is 0.0957. The van der Waals surface area contributed by atoms with Crippen molar-refractivity contribution < 1.29 is 4.79 Å². The van der Waals surface area contributed by atoms with E-state index in [4.69, 9.17) is 0 Å². The van der Waals surface area contributed by atoms with Crippen molar-refractivity contribution in [2.24, 2.45) is 0 Å². The van der Waals surface area contributed by atoms with Crippen molar-refractivity contribution in [3.05, 3.63) is 40.3 Å². The summed E-state index contributed by atoms with van der Waals surface area (Å²) in [7, 11) is 1.55. The Balaban J connectivity index is 2.80. The van der Waals surface area contributed by atoms with Crippen molar-refractivity contribution in [1.29, 1.82) is 0 Å². The maximum absolute atomic E-state index is 12.2. The van der Waals surface area contributed by atoms with Gasteiger partial charge in [0.15, 0.2) is 5.69 Å². The minimum Gasteiger partial charge on any atom is -0.354 e. The van der Waals surface area contributed by atoms with Crippen LogP contribution in [0.25, 0.3) is 10.8 Å². The molecule has 1 aromatic heterocycles. The maximum Gasteiger partial charge on any atom is 0.274 e. The molecule has 5 nitrogen and oxygen atoms in total. The van der Waals surface area contributed by atoms with Crippen molar-refractivity contribution in [2.75, 3.05) is 7.05 Å². The second-order valence-electron chi connectivity index (χ2n) is 4.00. The highest BCUT2D eigenvalue weighted by Gasteiger charge is 2.14. The van der Waals surface area contributed by atoms with Crippen LogP contribution in [0.4, 0.5) is 0 Å². The summed E-state index contributed by atoms with van der Waals surface area (Å²) in [5, 5.41) is 7.82. The van der Waals surface area contributed by atoms with Gasteiger partial charge in [0.05, 0.1) is 5.39 Å². The van der Waals surface area contributed by atoms with E-state index in [2.05, 4.69) is 10.4 Å². The van der Waals surface area contributed by atoms with Crippen LogP contribution in [0.3, 0.4) is 0 Å². The Labute approximate surface area is 104 Å². The fourth-order valence-electron chi connectivity index (χ4n) is 1.88. The van der Waals surface area contributed by atoms with Crippen LogP contribution in [0.5, 0.6) is 0 Å². The minimum absolute atomic E-state index is 0.153.